The molecule has 1 amide bonds. The highest BCUT2D eigenvalue weighted by Crippen LogP contribution is 2.19. The molecule has 0 aliphatic carbocycles. The molecule has 8 nitrogen and oxygen atoms in total. The van der Waals surface area contributed by atoms with Gasteiger partial charge >= 0.3 is 11.9 Å². The Morgan fingerprint density at radius 2 is 1.80 bits per heavy atom. The van der Waals surface area contributed by atoms with Crippen molar-refractivity contribution in [2.24, 2.45) is 5.73 Å². The maximum Gasteiger partial charge on any atom is 0.326 e. The lowest BCUT2D eigenvalue weighted by atomic mass is 10.1. The zero-order valence-corrected chi connectivity index (χ0v) is 14.9. The highest BCUT2D eigenvalue weighted by Gasteiger charge is 2.36. The standard InChI is InChI=1S/C17H31N3O5/c1-12(15(21)20-11-7-9-14(20)17(24)25)19-13(16(22)23)8-5-3-2-4-6-10-18/h12-14,19H,2-11,18H2,1H3,(H,22,23)(H,24,25). The lowest BCUT2D eigenvalue weighted by Crippen LogP contribution is -2.53. The first kappa shape index (κ1) is 21.4. The fraction of sp³-hybridized carbons (Fsp3) is 0.824. The fourth-order valence-corrected chi connectivity index (χ4v) is 3.21. The van der Waals surface area contributed by atoms with Gasteiger partial charge in [-0.25, -0.2) is 4.79 Å². The second kappa shape index (κ2) is 11.0. The van der Waals surface area contributed by atoms with Crippen molar-refractivity contribution < 1.29 is 24.6 Å². The summed E-state index contributed by atoms with van der Waals surface area (Å²) in [6.07, 6.45) is 6.27. The number of carbonyl (C=O) groups is 3. The van der Waals surface area contributed by atoms with Crippen LogP contribution in [0.3, 0.4) is 0 Å². The van der Waals surface area contributed by atoms with E-state index in [2.05, 4.69) is 5.32 Å². The molecule has 0 radical (unpaired) electrons. The summed E-state index contributed by atoms with van der Waals surface area (Å²) in [5.74, 6) is -2.35. The number of nitrogens with two attached hydrogens (primary N) is 1. The number of rotatable bonds is 12. The van der Waals surface area contributed by atoms with E-state index >= 15 is 0 Å². The highest BCUT2D eigenvalue weighted by molar-refractivity contribution is 5.88. The summed E-state index contributed by atoms with van der Waals surface area (Å²) in [6.45, 7) is 2.67. The van der Waals surface area contributed by atoms with Gasteiger partial charge in [-0.15, -0.1) is 0 Å². The van der Waals surface area contributed by atoms with Crippen molar-refractivity contribution in [3.8, 4) is 0 Å². The van der Waals surface area contributed by atoms with Crippen molar-refractivity contribution in [1.29, 1.82) is 0 Å². The molecule has 1 aliphatic heterocycles. The lowest BCUT2D eigenvalue weighted by molar-refractivity contribution is -0.149. The number of amides is 1. The predicted octanol–water partition coefficient (Wildman–Crippen LogP) is 0.793. The van der Waals surface area contributed by atoms with E-state index in [4.69, 9.17) is 5.73 Å². The second-order valence-corrected chi connectivity index (χ2v) is 6.65. The average molecular weight is 357 g/mol. The summed E-state index contributed by atoms with van der Waals surface area (Å²) < 4.78 is 0. The average Bonchev–Trinajstić information content (AvgIpc) is 3.05. The molecular weight excluding hydrogens is 326 g/mol. The number of aliphatic carboxylic acids is 2. The molecule has 25 heavy (non-hydrogen) atoms. The molecule has 5 N–H and O–H groups in total. The number of hydrogen-bond acceptors (Lipinski definition) is 5. The first-order chi connectivity index (χ1) is 11.9. The zero-order valence-electron chi connectivity index (χ0n) is 14.9. The molecular formula is C17H31N3O5. The Morgan fingerprint density at radius 3 is 2.40 bits per heavy atom. The molecule has 1 fully saturated rings. The highest BCUT2D eigenvalue weighted by atomic mass is 16.4. The van der Waals surface area contributed by atoms with Crippen LogP contribution in [0, 0.1) is 0 Å². The minimum Gasteiger partial charge on any atom is -0.480 e. The Balaban J connectivity index is 2.46. The van der Waals surface area contributed by atoms with Crippen LogP contribution in [0.5, 0.6) is 0 Å². The van der Waals surface area contributed by atoms with Gasteiger partial charge in [-0.05, 0) is 39.2 Å². The van der Waals surface area contributed by atoms with Crippen LogP contribution in [-0.2, 0) is 14.4 Å². The molecule has 8 heteroatoms. The van der Waals surface area contributed by atoms with Crippen LogP contribution in [0.25, 0.3) is 0 Å². The van der Waals surface area contributed by atoms with Crippen LogP contribution in [0.2, 0.25) is 0 Å². The van der Waals surface area contributed by atoms with E-state index in [1.807, 2.05) is 0 Å². The monoisotopic (exact) mass is 357 g/mol. The normalized spacial score (nSPS) is 19.6. The van der Waals surface area contributed by atoms with Gasteiger partial charge in [0.15, 0.2) is 0 Å². The van der Waals surface area contributed by atoms with E-state index in [-0.39, 0.29) is 5.91 Å². The molecule has 3 atom stereocenters. The molecule has 1 saturated heterocycles. The largest absolute Gasteiger partial charge is 0.480 e. The predicted molar refractivity (Wildman–Crippen MR) is 93.1 cm³/mol. The summed E-state index contributed by atoms with van der Waals surface area (Å²) in [6, 6.07) is -2.33. The Labute approximate surface area is 148 Å². The Hall–Kier alpha value is -1.67. The van der Waals surface area contributed by atoms with Gasteiger partial charge in [-0.3, -0.25) is 14.9 Å². The summed E-state index contributed by atoms with van der Waals surface area (Å²) in [7, 11) is 0. The third-order valence-electron chi connectivity index (χ3n) is 4.64. The summed E-state index contributed by atoms with van der Waals surface area (Å²) in [5.41, 5.74) is 5.43. The topological polar surface area (TPSA) is 133 Å². The van der Waals surface area contributed by atoms with E-state index in [0.29, 0.717) is 32.4 Å². The SMILES string of the molecule is CC(NC(CCCCCCCN)C(=O)O)C(=O)N1CCCC1C(=O)O. The maximum absolute atomic E-state index is 12.5. The third kappa shape index (κ3) is 6.99. The molecule has 0 saturated carbocycles. The van der Waals surface area contributed by atoms with Crippen LogP contribution in [-0.4, -0.2) is 64.2 Å². The third-order valence-corrected chi connectivity index (χ3v) is 4.64. The molecule has 1 heterocycles. The number of hydrogen-bond donors (Lipinski definition) is 4. The molecule has 1 rings (SSSR count). The maximum atomic E-state index is 12.5. The van der Waals surface area contributed by atoms with E-state index in [9.17, 15) is 24.6 Å². The molecule has 144 valence electrons. The number of nitrogens with one attached hydrogen (secondary N) is 1. The van der Waals surface area contributed by atoms with Gasteiger partial charge in [-0.2, -0.15) is 0 Å². The van der Waals surface area contributed by atoms with Gasteiger partial charge in [0.05, 0.1) is 6.04 Å². The Bertz CT molecular complexity index is 458. The van der Waals surface area contributed by atoms with Crippen LogP contribution in [0.4, 0.5) is 0 Å². The lowest BCUT2D eigenvalue weighted by Gasteiger charge is -2.27. The Kier molecular flexibility index (Phi) is 9.44. The van der Waals surface area contributed by atoms with Gasteiger partial charge in [0, 0.05) is 6.54 Å². The minimum absolute atomic E-state index is 0.348. The number of carbonyl (C=O) groups excluding carboxylic acids is 1. The summed E-state index contributed by atoms with van der Waals surface area (Å²) in [4.78, 5) is 36.4. The van der Waals surface area contributed by atoms with Crippen molar-refractivity contribution in [3.63, 3.8) is 0 Å². The molecule has 0 bridgehead atoms. The van der Waals surface area contributed by atoms with Gasteiger partial charge < -0.3 is 20.8 Å². The summed E-state index contributed by atoms with van der Waals surface area (Å²) in [5, 5.41) is 21.4. The molecule has 0 aromatic rings. The number of likely N-dealkylation sites (tertiary alicyclic amines) is 1. The minimum atomic E-state index is -1.01. The molecule has 0 aromatic carbocycles. The second-order valence-electron chi connectivity index (χ2n) is 6.65. The van der Waals surface area contributed by atoms with Gasteiger partial charge in [-0.1, -0.05) is 25.7 Å². The smallest absolute Gasteiger partial charge is 0.326 e. The quantitative estimate of drug-likeness (QED) is 0.380. The van der Waals surface area contributed by atoms with Crippen molar-refractivity contribution in [1.82, 2.24) is 10.2 Å². The van der Waals surface area contributed by atoms with Crippen molar-refractivity contribution >= 4 is 17.8 Å². The van der Waals surface area contributed by atoms with Crippen LogP contribution >= 0.6 is 0 Å². The molecule has 1 aliphatic rings. The van der Waals surface area contributed by atoms with Crippen molar-refractivity contribution in [3.05, 3.63) is 0 Å². The zero-order chi connectivity index (χ0) is 18.8. The first-order valence-electron chi connectivity index (χ1n) is 9.10. The van der Waals surface area contributed by atoms with Crippen LogP contribution < -0.4 is 11.1 Å². The van der Waals surface area contributed by atoms with E-state index in [1.54, 1.807) is 6.92 Å². The van der Waals surface area contributed by atoms with Crippen LogP contribution in [0.15, 0.2) is 0 Å². The summed E-state index contributed by atoms with van der Waals surface area (Å²) >= 11 is 0. The van der Waals surface area contributed by atoms with Gasteiger partial charge in [0.1, 0.15) is 12.1 Å². The molecule has 0 aromatic heterocycles. The Morgan fingerprint density at radius 1 is 1.16 bits per heavy atom. The first-order valence-corrected chi connectivity index (χ1v) is 9.10. The number of unbranched alkanes of at least 4 members (excludes halogenated alkanes) is 4. The van der Waals surface area contributed by atoms with Crippen LogP contribution in [0.1, 0.15) is 58.3 Å². The fourth-order valence-electron chi connectivity index (χ4n) is 3.21. The van der Waals surface area contributed by atoms with Gasteiger partial charge in [0.25, 0.3) is 0 Å². The van der Waals surface area contributed by atoms with E-state index in [0.717, 1.165) is 32.1 Å². The van der Waals surface area contributed by atoms with E-state index in [1.165, 1.54) is 4.90 Å². The molecule has 0 spiro atoms. The number of nitrogens with zero attached hydrogens (tertiary/aromatic N) is 1. The molecule has 3 unspecified atom stereocenters. The van der Waals surface area contributed by atoms with E-state index < -0.39 is 30.1 Å². The van der Waals surface area contributed by atoms with Crippen molar-refractivity contribution in [2.45, 2.75) is 76.4 Å². The van der Waals surface area contributed by atoms with Crippen molar-refractivity contribution in [2.75, 3.05) is 13.1 Å². The number of carboxylic acids is 2. The number of carboxylic acid groups (broad SMARTS) is 2. The van der Waals surface area contributed by atoms with Gasteiger partial charge in [0.2, 0.25) is 5.91 Å².